The maximum absolute atomic E-state index is 13.5. The van der Waals surface area contributed by atoms with Crippen LogP contribution in [0.4, 0.5) is 38.0 Å². The van der Waals surface area contributed by atoms with Crippen molar-refractivity contribution in [1.29, 1.82) is 0 Å². The first-order chi connectivity index (χ1) is 21.5. The van der Waals surface area contributed by atoms with Crippen molar-refractivity contribution in [2.24, 2.45) is 17.1 Å². The minimum absolute atomic E-state index is 0.0224. The topological polar surface area (TPSA) is 104 Å². The Morgan fingerprint density at radius 1 is 1.07 bits per heavy atom. The van der Waals surface area contributed by atoms with Gasteiger partial charge in [0.1, 0.15) is 11.5 Å². The number of hydrogen-bond donors (Lipinski definition) is 2. The highest BCUT2D eigenvalue weighted by Crippen LogP contribution is 2.46. The smallest absolute Gasteiger partial charge is 0.480 e. The lowest BCUT2D eigenvalue weighted by Crippen LogP contribution is -2.36. The van der Waals surface area contributed by atoms with Crippen molar-refractivity contribution in [2.45, 2.75) is 71.1 Å². The van der Waals surface area contributed by atoms with Gasteiger partial charge in [-0.05, 0) is 79.1 Å². The first kappa shape index (κ1) is 32.9. The number of nitrogens with two attached hydrogens (primary N) is 1. The van der Waals surface area contributed by atoms with Crippen LogP contribution >= 0.6 is 0 Å². The van der Waals surface area contributed by atoms with Gasteiger partial charge < -0.3 is 25.1 Å². The van der Waals surface area contributed by atoms with E-state index in [-0.39, 0.29) is 28.6 Å². The molecule has 1 amide bonds. The van der Waals surface area contributed by atoms with E-state index >= 15 is 0 Å². The lowest BCUT2D eigenvalue weighted by Gasteiger charge is -2.40. The number of aromatic nitrogens is 3. The van der Waals surface area contributed by atoms with Crippen molar-refractivity contribution < 1.29 is 40.6 Å². The highest BCUT2D eigenvalue weighted by Gasteiger charge is 2.37. The molecule has 0 spiro atoms. The Morgan fingerprint density at radius 3 is 2.39 bits per heavy atom. The van der Waals surface area contributed by atoms with E-state index in [0.29, 0.717) is 23.1 Å². The molecule has 1 aliphatic carbocycles. The number of carbonyl (C=O) groups is 1. The summed E-state index contributed by atoms with van der Waals surface area (Å²) in [5.74, 6) is -0.342. The summed E-state index contributed by atoms with van der Waals surface area (Å²) in [4.78, 5) is 20.9. The summed E-state index contributed by atoms with van der Waals surface area (Å²) < 4.78 is 90.4. The SMILES string of the molecule is CC1CC(n2c(Nc3ccc(OC(F)(F)F)cc3)nc3cc(OC(Cc4ncccc4C(F)(F)F)C(N)=O)ccc32)CC(C)(C)C1. The van der Waals surface area contributed by atoms with Crippen molar-refractivity contribution in [3.63, 3.8) is 0 Å². The molecule has 2 heterocycles. The van der Waals surface area contributed by atoms with Crippen molar-refractivity contribution in [1.82, 2.24) is 14.5 Å². The second kappa shape index (κ2) is 12.4. The number of ether oxygens (including phenoxy) is 2. The van der Waals surface area contributed by atoms with E-state index in [0.717, 1.165) is 36.9 Å². The van der Waals surface area contributed by atoms with Gasteiger partial charge in [0.2, 0.25) is 5.95 Å². The number of benzene rings is 2. The second-order valence-corrected chi connectivity index (χ2v) is 12.4. The van der Waals surface area contributed by atoms with Crippen molar-refractivity contribution >= 4 is 28.6 Å². The molecule has 246 valence electrons. The Bertz CT molecular complexity index is 1700. The Labute approximate surface area is 260 Å². The molecule has 1 aliphatic rings. The quantitative estimate of drug-likeness (QED) is 0.178. The predicted octanol–water partition coefficient (Wildman–Crippen LogP) is 7.96. The molecule has 8 nitrogen and oxygen atoms in total. The number of rotatable bonds is 9. The fourth-order valence-electron chi connectivity index (χ4n) is 6.37. The molecule has 3 N–H and O–H groups in total. The molecular weight excluding hydrogens is 616 g/mol. The summed E-state index contributed by atoms with van der Waals surface area (Å²) in [6, 6.07) is 12.2. The molecule has 14 heteroatoms. The molecule has 46 heavy (non-hydrogen) atoms. The largest absolute Gasteiger partial charge is 0.573 e. The maximum Gasteiger partial charge on any atom is 0.573 e. The van der Waals surface area contributed by atoms with Crippen LogP contribution in [-0.4, -0.2) is 32.9 Å². The normalized spacial score (nSPS) is 19.1. The van der Waals surface area contributed by atoms with Gasteiger partial charge in [-0.15, -0.1) is 13.2 Å². The monoisotopic (exact) mass is 649 g/mol. The zero-order chi connectivity index (χ0) is 33.4. The number of carbonyl (C=O) groups excluding carboxylic acids is 1. The van der Waals surface area contributed by atoms with Gasteiger partial charge in [0.05, 0.1) is 22.3 Å². The molecule has 2 aromatic heterocycles. The minimum atomic E-state index is -4.82. The third-order valence-corrected chi connectivity index (χ3v) is 7.90. The fraction of sp³-hybridized carbons (Fsp3) is 0.406. The van der Waals surface area contributed by atoms with Crippen LogP contribution in [-0.2, 0) is 17.4 Å². The van der Waals surface area contributed by atoms with E-state index < -0.39 is 36.5 Å². The number of nitrogens with one attached hydrogen (secondary N) is 1. The van der Waals surface area contributed by atoms with E-state index in [9.17, 15) is 31.1 Å². The molecule has 1 saturated carbocycles. The van der Waals surface area contributed by atoms with E-state index in [1.165, 1.54) is 30.5 Å². The Kier molecular flexibility index (Phi) is 8.84. The predicted molar refractivity (Wildman–Crippen MR) is 159 cm³/mol. The molecule has 0 radical (unpaired) electrons. The van der Waals surface area contributed by atoms with Gasteiger partial charge in [0, 0.05) is 30.4 Å². The summed E-state index contributed by atoms with van der Waals surface area (Å²) in [5.41, 5.74) is 5.85. The van der Waals surface area contributed by atoms with Crippen LogP contribution in [0.5, 0.6) is 11.5 Å². The van der Waals surface area contributed by atoms with E-state index in [1.807, 2.05) is 4.57 Å². The number of fused-ring (bicyclic) bond motifs is 1. The highest BCUT2D eigenvalue weighted by molar-refractivity contribution is 5.82. The minimum Gasteiger partial charge on any atom is -0.480 e. The van der Waals surface area contributed by atoms with Crippen LogP contribution in [0.2, 0.25) is 0 Å². The van der Waals surface area contributed by atoms with Crippen LogP contribution in [0.1, 0.15) is 57.3 Å². The number of anilines is 2. The summed E-state index contributed by atoms with van der Waals surface area (Å²) in [6.07, 6.45) is -7.53. The molecule has 0 aliphatic heterocycles. The van der Waals surface area contributed by atoms with E-state index in [1.54, 1.807) is 18.2 Å². The van der Waals surface area contributed by atoms with Gasteiger partial charge in [0.15, 0.2) is 6.10 Å². The number of nitrogens with zero attached hydrogens (tertiary/aromatic N) is 3. The number of amides is 1. The lowest BCUT2D eigenvalue weighted by molar-refractivity contribution is -0.274. The van der Waals surface area contributed by atoms with Crippen molar-refractivity contribution in [2.75, 3.05) is 5.32 Å². The van der Waals surface area contributed by atoms with Crippen molar-refractivity contribution in [3.8, 4) is 11.5 Å². The van der Waals surface area contributed by atoms with Crippen LogP contribution in [0.15, 0.2) is 60.8 Å². The summed E-state index contributed by atoms with van der Waals surface area (Å²) in [5, 5.41) is 3.21. The lowest BCUT2D eigenvalue weighted by atomic mass is 9.70. The van der Waals surface area contributed by atoms with Gasteiger partial charge in [0.25, 0.3) is 5.91 Å². The fourth-order valence-corrected chi connectivity index (χ4v) is 6.37. The standard InChI is InChI=1S/C32H33F6N5O3/c1-18-13-20(17-30(2,3)16-18)43-26-11-10-22(45-27(28(39)44)15-24-23(31(33,34)35)5-4-12-40-24)14-25(26)42-29(43)41-19-6-8-21(9-7-19)46-32(36,37)38/h4-12,14,18,20,27H,13,15-17H2,1-3H3,(H2,39,44)(H,41,42). The molecule has 2 aromatic carbocycles. The molecule has 3 unspecified atom stereocenters. The van der Waals surface area contributed by atoms with Crippen LogP contribution < -0.4 is 20.5 Å². The number of pyridine rings is 1. The Balaban J connectivity index is 1.48. The zero-order valence-corrected chi connectivity index (χ0v) is 25.2. The molecule has 4 aromatic rings. The number of imidazole rings is 1. The first-order valence-corrected chi connectivity index (χ1v) is 14.6. The molecule has 5 rings (SSSR count). The molecular formula is C32H33F6N5O3. The molecule has 3 atom stereocenters. The van der Waals surface area contributed by atoms with Gasteiger partial charge in [-0.3, -0.25) is 9.78 Å². The average molecular weight is 650 g/mol. The Morgan fingerprint density at radius 2 is 1.76 bits per heavy atom. The number of alkyl halides is 6. The Hall–Kier alpha value is -4.49. The average Bonchev–Trinajstić information content (AvgIpc) is 3.28. The van der Waals surface area contributed by atoms with Gasteiger partial charge >= 0.3 is 12.5 Å². The number of primary amides is 1. The van der Waals surface area contributed by atoms with E-state index in [4.69, 9.17) is 15.5 Å². The van der Waals surface area contributed by atoms with Crippen LogP contribution in [0, 0.1) is 11.3 Å². The number of halogens is 6. The third-order valence-electron chi connectivity index (χ3n) is 7.90. The number of hydrogen-bond acceptors (Lipinski definition) is 6. The summed E-state index contributed by atoms with van der Waals surface area (Å²) >= 11 is 0. The van der Waals surface area contributed by atoms with Crippen molar-refractivity contribution in [3.05, 3.63) is 72.1 Å². The zero-order valence-electron chi connectivity index (χ0n) is 25.2. The molecule has 0 bridgehead atoms. The van der Waals surface area contributed by atoms with Crippen LogP contribution in [0.3, 0.4) is 0 Å². The van der Waals surface area contributed by atoms with E-state index in [2.05, 4.69) is 35.8 Å². The third kappa shape index (κ3) is 7.83. The molecule has 0 saturated heterocycles. The summed E-state index contributed by atoms with van der Waals surface area (Å²) in [7, 11) is 0. The maximum atomic E-state index is 13.5. The summed E-state index contributed by atoms with van der Waals surface area (Å²) in [6.45, 7) is 6.58. The van der Waals surface area contributed by atoms with Gasteiger partial charge in [-0.2, -0.15) is 13.2 Å². The molecule has 1 fully saturated rings. The first-order valence-electron chi connectivity index (χ1n) is 14.6. The van der Waals surface area contributed by atoms with Gasteiger partial charge in [-0.25, -0.2) is 4.98 Å². The second-order valence-electron chi connectivity index (χ2n) is 12.4. The van der Waals surface area contributed by atoms with Crippen LogP contribution in [0.25, 0.3) is 11.0 Å². The van der Waals surface area contributed by atoms with Gasteiger partial charge in [-0.1, -0.05) is 20.8 Å². The highest BCUT2D eigenvalue weighted by atomic mass is 19.4.